The summed E-state index contributed by atoms with van der Waals surface area (Å²) in [7, 11) is 0. The highest BCUT2D eigenvalue weighted by atomic mass is 19.4. The van der Waals surface area contributed by atoms with Gasteiger partial charge in [0.1, 0.15) is 5.78 Å². The number of Topliss-reactive ketones (excluding diaryl/α,β-unsaturated/α-hetero) is 1. The summed E-state index contributed by atoms with van der Waals surface area (Å²) in [6.45, 7) is 4.03. The average molecular weight is 211 g/mol. The first kappa shape index (κ1) is 13.4. The monoisotopic (exact) mass is 211 g/mol. The second-order valence-corrected chi connectivity index (χ2v) is 3.43. The van der Waals surface area contributed by atoms with Gasteiger partial charge in [0.15, 0.2) is 0 Å². The third kappa shape index (κ3) is 5.96. The van der Waals surface area contributed by atoms with Crippen LogP contribution in [0.5, 0.6) is 0 Å². The molecule has 0 aromatic rings. The van der Waals surface area contributed by atoms with Crippen molar-refractivity contribution in [3.8, 4) is 0 Å². The van der Waals surface area contributed by atoms with Crippen LogP contribution in [0.1, 0.15) is 27.2 Å². The quantitative estimate of drug-likeness (QED) is 0.695. The molecule has 1 atom stereocenters. The Bertz CT molecular complexity index is 191. The SMILES string of the molecule is CCN(CC(F)(F)F)C(C)CC(C)=O. The lowest BCUT2D eigenvalue weighted by atomic mass is 10.1. The Hall–Kier alpha value is -0.580. The zero-order chi connectivity index (χ0) is 11.4. The van der Waals surface area contributed by atoms with Gasteiger partial charge in [0.05, 0.1) is 6.54 Å². The molecule has 2 nitrogen and oxygen atoms in total. The van der Waals surface area contributed by atoms with Crippen molar-refractivity contribution < 1.29 is 18.0 Å². The second kappa shape index (κ2) is 5.34. The molecule has 0 aliphatic carbocycles. The Morgan fingerprint density at radius 1 is 1.43 bits per heavy atom. The van der Waals surface area contributed by atoms with Gasteiger partial charge in [-0.15, -0.1) is 0 Å². The maximum absolute atomic E-state index is 12.1. The molecule has 0 aromatic heterocycles. The summed E-state index contributed by atoms with van der Waals surface area (Å²) in [5.74, 6) is -0.0851. The molecule has 0 heterocycles. The van der Waals surface area contributed by atoms with E-state index in [0.29, 0.717) is 6.54 Å². The van der Waals surface area contributed by atoms with Gasteiger partial charge in [-0.3, -0.25) is 9.69 Å². The Morgan fingerprint density at radius 2 is 1.93 bits per heavy atom. The van der Waals surface area contributed by atoms with Crippen molar-refractivity contribution in [3.63, 3.8) is 0 Å². The lowest BCUT2D eigenvalue weighted by molar-refractivity contribution is -0.151. The van der Waals surface area contributed by atoms with Gasteiger partial charge < -0.3 is 0 Å². The smallest absolute Gasteiger partial charge is 0.300 e. The molecule has 0 saturated heterocycles. The fraction of sp³-hybridized carbons (Fsp3) is 0.889. The molecule has 0 bridgehead atoms. The van der Waals surface area contributed by atoms with Crippen LogP contribution in [0.25, 0.3) is 0 Å². The summed E-state index contributed by atoms with van der Waals surface area (Å²) in [4.78, 5) is 12.0. The van der Waals surface area contributed by atoms with Crippen LogP contribution in [0.4, 0.5) is 13.2 Å². The maximum Gasteiger partial charge on any atom is 0.401 e. The van der Waals surface area contributed by atoms with Gasteiger partial charge in [-0.1, -0.05) is 6.92 Å². The molecule has 0 radical (unpaired) electrons. The maximum atomic E-state index is 12.1. The van der Waals surface area contributed by atoms with Crippen molar-refractivity contribution in [2.45, 2.75) is 39.4 Å². The van der Waals surface area contributed by atoms with Crippen LogP contribution in [-0.2, 0) is 4.79 Å². The molecule has 0 N–H and O–H groups in total. The van der Waals surface area contributed by atoms with Crippen LogP contribution in [0.2, 0.25) is 0 Å². The normalized spacial score (nSPS) is 14.5. The largest absolute Gasteiger partial charge is 0.401 e. The van der Waals surface area contributed by atoms with Gasteiger partial charge in [-0.25, -0.2) is 0 Å². The fourth-order valence-electron chi connectivity index (χ4n) is 1.35. The van der Waals surface area contributed by atoms with Gasteiger partial charge >= 0.3 is 6.18 Å². The predicted molar refractivity (Wildman–Crippen MR) is 48.1 cm³/mol. The van der Waals surface area contributed by atoms with E-state index in [1.165, 1.54) is 11.8 Å². The molecule has 0 fully saturated rings. The standard InChI is InChI=1S/C9H16F3NO/c1-4-13(6-9(10,11)12)7(2)5-8(3)14/h7H,4-6H2,1-3H3. The number of carbonyl (C=O) groups excluding carboxylic acids is 1. The van der Waals surface area contributed by atoms with E-state index in [9.17, 15) is 18.0 Å². The average Bonchev–Trinajstić information content (AvgIpc) is 1.96. The number of nitrogens with zero attached hydrogens (tertiary/aromatic N) is 1. The molecule has 0 spiro atoms. The van der Waals surface area contributed by atoms with Crippen molar-refractivity contribution in [1.82, 2.24) is 4.90 Å². The van der Waals surface area contributed by atoms with E-state index in [-0.39, 0.29) is 18.2 Å². The first-order valence-corrected chi connectivity index (χ1v) is 4.56. The van der Waals surface area contributed by atoms with Gasteiger partial charge in [-0.05, 0) is 20.4 Å². The Balaban J connectivity index is 4.19. The third-order valence-electron chi connectivity index (χ3n) is 1.99. The van der Waals surface area contributed by atoms with Gasteiger partial charge in [0.2, 0.25) is 0 Å². The molecule has 0 aromatic carbocycles. The summed E-state index contributed by atoms with van der Waals surface area (Å²) < 4.78 is 36.2. The third-order valence-corrected chi connectivity index (χ3v) is 1.99. The molecular weight excluding hydrogens is 195 g/mol. The minimum absolute atomic E-state index is 0.0851. The Labute approximate surface area is 82.1 Å². The number of alkyl halides is 3. The molecule has 0 aliphatic rings. The molecule has 0 saturated carbocycles. The van der Waals surface area contributed by atoms with E-state index in [1.807, 2.05) is 0 Å². The topological polar surface area (TPSA) is 20.3 Å². The van der Waals surface area contributed by atoms with Crippen molar-refractivity contribution in [2.75, 3.05) is 13.1 Å². The van der Waals surface area contributed by atoms with Crippen LogP contribution in [-0.4, -0.2) is 36.0 Å². The summed E-state index contributed by atoms with van der Waals surface area (Å²) >= 11 is 0. The number of hydrogen-bond acceptors (Lipinski definition) is 2. The number of carbonyl (C=O) groups is 1. The van der Waals surface area contributed by atoms with E-state index in [2.05, 4.69) is 0 Å². The summed E-state index contributed by atoms with van der Waals surface area (Å²) in [6.07, 6.45) is -4.02. The molecule has 0 rings (SSSR count). The first-order valence-electron chi connectivity index (χ1n) is 4.56. The van der Waals surface area contributed by atoms with Gasteiger partial charge in [0.25, 0.3) is 0 Å². The Morgan fingerprint density at radius 3 is 2.21 bits per heavy atom. The van der Waals surface area contributed by atoms with Crippen molar-refractivity contribution in [2.24, 2.45) is 0 Å². The molecule has 1 unspecified atom stereocenters. The summed E-state index contributed by atoms with van der Waals surface area (Å²) in [5, 5.41) is 0. The summed E-state index contributed by atoms with van der Waals surface area (Å²) in [5.41, 5.74) is 0. The molecule has 5 heteroatoms. The number of rotatable bonds is 5. The van der Waals surface area contributed by atoms with Gasteiger partial charge in [-0.2, -0.15) is 13.2 Å². The van der Waals surface area contributed by atoms with Crippen LogP contribution in [0, 0.1) is 0 Å². The summed E-state index contributed by atoms with van der Waals surface area (Å²) in [6, 6.07) is -0.348. The molecular formula is C9H16F3NO. The van der Waals surface area contributed by atoms with Crippen molar-refractivity contribution in [1.29, 1.82) is 0 Å². The molecule has 0 aliphatic heterocycles. The minimum Gasteiger partial charge on any atom is -0.300 e. The van der Waals surface area contributed by atoms with E-state index in [4.69, 9.17) is 0 Å². The van der Waals surface area contributed by atoms with Gasteiger partial charge in [0, 0.05) is 12.5 Å². The molecule has 0 amide bonds. The highest BCUT2D eigenvalue weighted by Crippen LogP contribution is 2.18. The lowest BCUT2D eigenvalue weighted by Crippen LogP contribution is -2.41. The number of hydrogen-bond donors (Lipinski definition) is 0. The Kier molecular flexibility index (Phi) is 5.12. The lowest BCUT2D eigenvalue weighted by Gasteiger charge is -2.27. The molecule has 84 valence electrons. The van der Waals surface area contributed by atoms with Crippen LogP contribution < -0.4 is 0 Å². The van der Waals surface area contributed by atoms with Crippen LogP contribution in [0.15, 0.2) is 0 Å². The second-order valence-electron chi connectivity index (χ2n) is 3.43. The predicted octanol–water partition coefficient (Wildman–Crippen LogP) is 2.24. The van der Waals surface area contributed by atoms with E-state index >= 15 is 0 Å². The van der Waals surface area contributed by atoms with Crippen molar-refractivity contribution >= 4 is 5.78 Å². The van der Waals surface area contributed by atoms with Crippen LogP contribution in [0.3, 0.4) is 0 Å². The first-order chi connectivity index (χ1) is 6.26. The minimum atomic E-state index is -4.19. The fourth-order valence-corrected chi connectivity index (χ4v) is 1.35. The van der Waals surface area contributed by atoms with Crippen molar-refractivity contribution in [3.05, 3.63) is 0 Å². The van der Waals surface area contributed by atoms with E-state index < -0.39 is 12.7 Å². The number of ketones is 1. The zero-order valence-corrected chi connectivity index (χ0v) is 8.69. The van der Waals surface area contributed by atoms with Crippen LogP contribution >= 0.6 is 0 Å². The van der Waals surface area contributed by atoms with E-state index in [1.54, 1.807) is 13.8 Å². The number of halogens is 3. The highest BCUT2D eigenvalue weighted by Gasteiger charge is 2.32. The van der Waals surface area contributed by atoms with E-state index in [0.717, 1.165) is 0 Å². The zero-order valence-electron chi connectivity index (χ0n) is 8.69. The highest BCUT2D eigenvalue weighted by molar-refractivity contribution is 5.76. The molecule has 14 heavy (non-hydrogen) atoms.